The number of carbonyl (C=O) groups is 3. The molecule has 0 aromatic heterocycles. The van der Waals surface area contributed by atoms with Crippen LogP contribution in [0.15, 0.2) is 24.3 Å². The number of unbranched alkanes of at least 4 members (excludes halogenated alkanes) is 46. The molecule has 0 saturated carbocycles. The van der Waals surface area contributed by atoms with E-state index in [4.69, 9.17) is 14.2 Å². The number of allylic oxidation sites excluding steroid dienone is 4. The van der Waals surface area contributed by atoms with E-state index in [-0.39, 0.29) is 31.1 Å². The lowest BCUT2D eigenvalue weighted by atomic mass is 10.0. The van der Waals surface area contributed by atoms with Crippen LogP contribution >= 0.6 is 0 Å². The average molecular weight is 1030 g/mol. The third kappa shape index (κ3) is 60.6. The second-order valence-corrected chi connectivity index (χ2v) is 22.4. The molecule has 0 heterocycles. The molecule has 1 atom stereocenters. The maximum absolute atomic E-state index is 12.8. The van der Waals surface area contributed by atoms with Gasteiger partial charge in [-0.15, -0.1) is 0 Å². The Morgan fingerprint density at radius 3 is 0.808 bits per heavy atom. The molecule has 0 aromatic carbocycles. The van der Waals surface area contributed by atoms with Gasteiger partial charge >= 0.3 is 17.9 Å². The highest BCUT2D eigenvalue weighted by atomic mass is 16.6. The molecular weight excluding hydrogens is 901 g/mol. The number of carbonyl (C=O) groups excluding carboxylic acids is 3. The van der Waals surface area contributed by atoms with Gasteiger partial charge in [0.25, 0.3) is 0 Å². The fourth-order valence-corrected chi connectivity index (χ4v) is 10.0. The van der Waals surface area contributed by atoms with Gasteiger partial charge in [-0.3, -0.25) is 14.4 Å². The first-order valence-electron chi connectivity index (χ1n) is 32.8. The molecule has 0 amide bonds. The molecule has 0 aliphatic heterocycles. The summed E-state index contributed by atoms with van der Waals surface area (Å²) in [5.74, 6) is -0.864. The molecule has 6 nitrogen and oxygen atoms in total. The lowest BCUT2D eigenvalue weighted by Crippen LogP contribution is -2.30. The van der Waals surface area contributed by atoms with Crippen LogP contribution in [0.25, 0.3) is 0 Å². The minimum Gasteiger partial charge on any atom is -0.462 e. The summed E-state index contributed by atoms with van der Waals surface area (Å²) in [7, 11) is 0. The third-order valence-corrected chi connectivity index (χ3v) is 14.9. The largest absolute Gasteiger partial charge is 0.462 e. The number of ether oxygens (including phenoxy) is 3. The Hall–Kier alpha value is -2.11. The van der Waals surface area contributed by atoms with Gasteiger partial charge in [0.05, 0.1) is 0 Å². The van der Waals surface area contributed by atoms with Crippen LogP contribution < -0.4 is 0 Å². The van der Waals surface area contributed by atoms with Gasteiger partial charge in [0.15, 0.2) is 6.10 Å². The Bertz CT molecular complexity index is 1180. The van der Waals surface area contributed by atoms with E-state index < -0.39 is 6.10 Å². The van der Waals surface area contributed by atoms with Crippen molar-refractivity contribution in [2.24, 2.45) is 0 Å². The molecule has 0 aliphatic rings. The fourth-order valence-electron chi connectivity index (χ4n) is 10.0. The van der Waals surface area contributed by atoms with E-state index in [2.05, 4.69) is 45.1 Å². The molecular formula is C67H126O6. The van der Waals surface area contributed by atoms with Crippen molar-refractivity contribution in [1.29, 1.82) is 0 Å². The molecule has 0 aliphatic carbocycles. The first kappa shape index (κ1) is 70.9. The summed E-state index contributed by atoms with van der Waals surface area (Å²) in [6.07, 6.45) is 75.1. The van der Waals surface area contributed by atoms with Gasteiger partial charge in [-0.1, -0.05) is 328 Å². The van der Waals surface area contributed by atoms with Crippen LogP contribution in [-0.4, -0.2) is 37.2 Å². The minimum atomic E-state index is -0.773. The molecule has 0 rings (SSSR count). The summed E-state index contributed by atoms with van der Waals surface area (Å²) >= 11 is 0. The molecule has 0 bridgehead atoms. The predicted octanol–water partition coefficient (Wildman–Crippen LogP) is 22.2. The van der Waals surface area contributed by atoms with Crippen LogP contribution in [0.4, 0.5) is 0 Å². The zero-order valence-electron chi connectivity index (χ0n) is 49.4. The number of hydrogen-bond donors (Lipinski definition) is 0. The monoisotopic (exact) mass is 1030 g/mol. The van der Waals surface area contributed by atoms with E-state index in [1.165, 1.54) is 238 Å². The van der Waals surface area contributed by atoms with Gasteiger partial charge in [0, 0.05) is 19.3 Å². The summed E-state index contributed by atoms with van der Waals surface area (Å²) in [6, 6.07) is 0. The number of hydrogen-bond acceptors (Lipinski definition) is 6. The lowest BCUT2D eigenvalue weighted by Gasteiger charge is -2.18. The topological polar surface area (TPSA) is 78.9 Å². The zero-order valence-corrected chi connectivity index (χ0v) is 49.4. The van der Waals surface area contributed by atoms with Crippen LogP contribution in [0.2, 0.25) is 0 Å². The van der Waals surface area contributed by atoms with Gasteiger partial charge in [0.1, 0.15) is 13.2 Å². The number of rotatable bonds is 61. The quantitative estimate of drug-likeness (QED) is 0.0261. The Balaban J connectivity index is 4.03. The first-order chi connectivity index (χ1) is 36.0. The van der Waals surface area contributed by atoms with Crippen LogP contribution in [0.5, 0.6) is 0 Å². The predicted molar refractivity (Wildman–Crippen MR) is 316 cm³/mol. The molecule has 0 N–H and O–H groups in total. The van der Waals surface area contributed by atoms with Crippen molar-refractivity contribution in [1.82, 2.24) is 0 Å². The Morgan fingerprint density at radius 1 is 0.274 bits per heavy atom. The maximum atomic E-state index is 12.8. The fraction of sp³-hybridized carbons (Fsp3) is 0.896. The normalized spacial score (nSPS) is 12.1. The standard InChI is InChI=1S/C67H126O6/c1-4-7-10-13-16-19-22-24-25-26-27-28-29-30-31-32-33-34-35-36-37-38-39-40-41-43-45-48-51-54-57-60-66(69)72-63-64(62-71-65(68)59-56-53-50-47-44-21-18-15-12-9-6-3)73-67(70)61-58-55-52-49-46-42-23-20-17-14-11-8-5-2/h11,14,20,23,64H,4-10,12-13,15-19,21-22,24-63H2,1-3H3/b14-11-,23-20-. The number of esters is 3. The van der Waals surface area contributed by atoms with Gasteiger partial charge in [-0.2, -0.15) is 0 Å². The van der Waals surface area contributed by atoms with Crippen LogP contribution in [0, 0.1) is 0 Å². The van der Waals surface area contributed by atoms with E-state index in [0.29, 0.717) is 19.3 Å². The maximum Gasteiger partial charge on any atom is 0.306 e. The Morgan fingerprint density at radius 2 is 0.521 bits per heavy atom. The summed E-state index contributed by atoms with van der Waals surface area (Å²) in [4.78, 5) is 38.1. The van der Waals surface area contributed by atoms with Crippen LogP contribution in [-0.2, 0) is 28.6 Å². The van der Waals surface area contributed by atoms with Crippen molar-refractivity contribution >= 4 is 17.9 Å². The molecule has 0 fully saturated rings. The van der Waals surface area contributed by atoms with E-state index in [1.807, 2.05) is 0 Å². The summed E-state index contributed by atoms with van der Waals surface area (Å²) in [5, 5.41) is 0. The van der Waals surface area contributed by atoms with Crippen molar-refractivity contribution in [2.75, 3.05) is 13.2 Å². The first-order valence-corrected chi connectivity index (χ1v) is 32.8. The Kier molecular flexibility index (Phi) is 60.6. The minimum absolute atomic E-state index is 0.0716. The molecule has 0 spiro atoms. The SMILES string of the molecule is CCC/C=C\C/C=C\CCCCCCCC(=O)OC(COC(=O)CCCCCCCCCCCCC)COC(=O)CCCCCCCCCCCCCCCCCCCCCCCCCCCCCCCCC. The average Bonchev–Trinajstić information content (AvgIpc) is 3.39. The smallest absolute Gasteiger partial charge is 0.306 e. The third-order valence-electron chi connectivity index (χ3n) is 14.9. The molecule has 0 saturated heterocycles. The second-order valence-electron chi connectivity index (χ2n) is 22.4. The molecule has 0 radical (unpaired) electrons. The summed E-state index contributed by atoms with van der Waals surface area (Å²) < 4.78 is 16.9. The van der Waals surface area contributed by atoms with Crippen molar-refractivity contribution in [3.63, 3.8) is 0 Å². The van der Waals surface area contributed by atoms with Crippen molar-refractivity contribution < 1.29 is 28.6 Å². The lowest BCUT2D eigenvalue weighted by molar-refractivity contribution is -0.167. The van der Waals surface area contributed by atoms with E-state index in [0.717, 1.165) is 89.9 Å². The van der Waals surface area contributed by atoms with E-state index in [1.54, 1.807) is 0 Å². The van der Waals surface area contributed by atoms with Gasteiger partial charge in [-0.05, 0) is 44.9 Å². The van der Waals surface area contributed by atoms with Crippen molar-refractivity contribution in [2.45, 2.75) is 374 Å². The molecule has 6 heteroatoms. The molecule has 0 aromatic rings. The highest BCUT2D eigenvalue weighted by Gasteiger charge is 2.19. The van der Waals surface area contributed by atoms with Crippen LogP contribution in [0.3, 0.4) is 0 Å². The highest BCUT2D eigenvalue weighted by Crippen LogP contribution is 2.18. The summed E-state index contributed by atoms with van der Waals surface area (Å²) in [6.45, 7) is 6.61. The van der Waals surface area contributed by atoms with Gasteiger partial charge in [0.2, 0.25) is 0 Å². The second kappa shape index (κ2) is 62.4. The molecule has 73 heavy (non-hydrogen) atoms. The summed E-state index contributed by atoms with van der Waals surface area (Å²) in [5.41, 5.74) is 0. The molecule has 430 valence electrons. The zero-order chi connectivity index (χ0) is 52.9. The molecule has 1 unspecified atom stereocenters. The van der Waals surface area contributed by atoms with Crippen LogP contribution in [0.1, 0.15) is 367 Å². The van der Waals surface area contributed by atoms with E-state index >= 15 is 0 Å². The van der Waals surface area contributed by atoms with Gasteiger partial charge in [-0.25, -0.2) is 0 Å². The van der Waals surface area contributed by atoms with E-state index in [9.17, 15) is 14.4 Å². The highest BCUT2D eigenvalue weighted by molar-refractivity contribution is 5.71. The van der Waals surface area contributed by atoms with Crippen molar-refractivity contribution in [3.05, 3.63) is 24.3 Å². The Labute approximate surface area is 455 Å². The van der Waals surface area contributed by atoms with Crippen molar-refractivity contribution in [3.8, 4) is 0 Å². The van der Waals surface area contributed by atoms with Gasteiger partial charge < -0.3 is 14.2 Å².